The van der Waals surface area contributed by atoms with Gasteiger partial charge in [0.1, 0.15) is 6.04 Å². The second kappa shape index (κ2) is 13.6. The van der Waals surface area contributed by atoms with Gasteiger partial charge >= 0.3 is 5.97 Å². The Hall–Kier alpha value is -2.89. The maximum absolute atomic E-state index is 13.9. The van der Waals surface area contributed by atoms with Gasteiger partial charge in [0.05, 0.1) is 18.6 Å². The summed E-state index contributed by atoms with van der Waals surface area (Å²) >= 11 is 0. The molecule has 1 aromatic rings. The van der Waals surface area contributed by atoms with Crippen molar-refractivity contribution in [3.05, 3.63) is 60.2 Å². The van der Waals surface area contributed by atoms with Crippen molar-refractivity contribution in [2.45, 2.75) is 86.2 Å². The first-order chi connectivity index (χ1) is 17.1. The second-order valence-electron chi connectivity index (χ2n) is 11.7. The number of rotatable bonds is 12. The SMILES string of the molecule is C=CCC(C(=O)N[C@H](C(=O)N(C)[C@H](C=C(C)C(=O)OCC)C(C)C)C(C)(C)C)C(C)(C)c1ccccc1. The molecule has 0 aromatic heterocycles. The highest BCUT2D eigenvalue weighted by Crippen LogP contribution is 2.35. The van der Waals surface area contributed by atoms with Crippen LogP contribution in [0.4, 0.5) is 0 Å². The smallest absolute Gasteiger partial charge is 0.333 e. The lowest BCUT2D eigenvalue weighted by atomic mass is 9.71. The summed E-state index contributed by atoms with van der Waals surface area (Å²) in [7, 11) is 1.72. The molecule has 1 rings (SSSR count). The lowest BCUT2D eigenvalue weighted by Gasteiger charge is -2.40. The average Bonchev–Trinajstić information content (AvgIpc) is 2.82. The first-order valence-electron chi connectivity index (χ1n) is 13.2. The van der Waals surface area contributed by atoms with E-state index >= 15 is 0 Å². The predicted molar refractivity (Wildman–Crippen MR) is 151 cm³/mol. The molecule has 0 bridgehead atoms. The molecule has 0 fully saturated rings. The minimum absolute atomic E-state index is 0.0418. The number of nitrogens with zero attached hydrogens (tertiary/aromatic N) is 1. The molecule has 1 aromatic carbocycles. The predicted octanol–water partition coefficient (Wildman–Crippen LogP) is 5.68. The molecule has 1 N–H and O–H groups in total. The first kappa shape index (κ1) is 32.1. The van der Waals surface area contributed by atoms with Crippen molar-refractivity contribution in [2.75, 3.05) is 13.7 Å². The zero-order valence-corrected chi connectivity index (χ0v) is 24.6. The van der Waals surface area contributed by atoms with Crippen LogP contribution in [0.1, 0.15) is 74.3 Å². The molecule has 6 nitrogen and oxygen atoms in total. The van der Waals surface area contributed by atoms with Crippen LogP contribution in [0.15, 0.2) is 54.6 Å². The van der Waals surface area contributed by atoms with Crippen LogP contribution >= 0.6 is 0 Å². The molecule has 37 heavy (non-hydrogen) atoms. The number of ether oxygens (including phenoxy) is 1. The summed E-state index contributed by atoms with van der Waals surface area (Å²) in [6.45, 7) is 21.5. The standard InChI is InChI=1S/C31H48N2O4/c1-12-17-24(31(9,10)23-18-15-14-16-19-23)27(34)32-26(30(6,7)8)28(35)33(11)25(21(3)4)20-22(5)29(36)37-13-2/h12,14-16,18-21,24-26H,1,13,17H2,2-11H3,(H,32,34)/t24?,25-,26-/m1/s1. The lowest BCUT2D eigenvalue weighted by molar-refractivity contribution is -0.141. The monoisotopic (exact) mass is 512 g/mol. The number of likely N-dealkylation sites (N-methyl/N-ethyl adjacent to an activating group) is 1. The Kier molecular flexibility index (Phi) is 11.8. The minimum Gasteiger partial charge on any atom is -0.463 e. The van der Waals surface area contributed by atoms with Gasteiger partial charge in [0.15, 0.2) is 0 Å². The number of benzene rings is 1. The van der Waals surface area contributed by atoms with Crippen LogP contribution in [0.3, 0.4) is 0 Å². The summed E-state index contributed by atoms with van der Waals surface area (Å²) in [4.78, 5) is 41.5. The van der Waals surface area contributed by atoms with E-state index in [-0.39, 0.29) is 30.4 Å². The van der Waals surface area contributed by atoms with Gasteiger partial charge in [-0.25, -0.2) is 4.79 Å². The van der Waals surface area contributed by atoms with E-state index in [0.29, 0.717) is 12.0 Å². The second-order valence-corrected chi connectivity index (χ2v) is 11.7. The molecule has 0 aliphatic carbocycles. The Morgan fingerprint density at radius 1 is 1.08 bits per heavy atom. The number of nitrogens with one attached hydrogen (secondary N) is 1. The lowest BCUT2D eigenvalue weighted by Crippen LogP contribution is -2.58. The molecule has 0 aliphatic heterocycles. The summed E-state index contributed by atoms with van der Waals surface area (Å²) in [6.07, 6.45) is 4.01. The van der Waals surface area contributed by atoms with E-state index in [1.54, 1.807) is 37.9 Å². The third-order valence-corrected chi connectivity index (χ3v) is 7.00. The van der Waals surface area contributed by atoms with Crippen LogP contribution in [0.25, 0.3) is 0 Å². The van der Waals surface area contributed by atoms with Crippen LogP contribution in [-0.4, -0.2) is 48.4 Å². The van der Waals surface area contributed by atoms with Crippen LogP contribution in [0, 0.1) is 17.3 Å². The van der Waals surface area contributed by atoms with E-state index in [1.807, 2.05) is 78.8 Å². The normalized spacial score (nSPS) is 14.9. The highest BCUT2D eigenvalue weighted by molar-refractivity contribution is 5.91. The summed E-state index contributed by atoms with van der Waals surface area (Å²) in [6, 6.07) is 8.83. The van der Waals surface area contributed by atoms with E-state index in [9.17, 15) is 14.4 Å². The Bertz CT molecular complexity index is 957. The van der Waals surface area contributed by atoms with Crippen molar-refractivity contribution >= 4 is 17.8 Å². The molecule has 1 unspecified atom stereocenters. The van der Waals surface area contributed by atoms with Gasteiger partial charge < -0.3 is 15.0 Å². The molecule has 3 atom stereocenters. The van der Waals surface area contributed by atoms with Gasteiger partial charge in [-0.15, -0.1) is 6.58 Å². The fraction of sp³-hybridized carbons (Fsp3) is 0.581. The van der Waals surface area contributed by atoms with Crippen molar-refractivity contribution in [3.8, 4) is 0 Å². The zero-order valence-electron chi connectivity index (χ0n) is 24.6. The van der Waals surface area contributed by atoms with E-state index in [0.717, 1.165) is 5.56 Å². The first-order valence-corrected chi connectivity index (χ1v) is 13.2. The molecule has 0 heterocycles. The van der Waals surface area contributed by atoms with Crippen molar-refractivity contribution < 1.29 is 19.1 Å². The number of esters is 1. The molecule has 0 spiro atoms. The van der Waals surface area contributed by atoms with Crippen LogP contribution < -0.4 is 5.32 Å². The molecular weight excluding hydrogens is 464 g/mol. The summed E-state index contributed by atoms with van der Waals surface area (Å²) in [5, 5.41) is 3.10. The minimum atomic E-state index is -0.763. The third kappa shape index (κ3) is 8.58. The van der Waals surface area contributed by atoms with Crippen LogP contribution in [0.5, 0.6) is 0 Å². The fourth-order valence-electron chi connectivity index (χ4n) is 4.53. The Morgan fingerprint density at radius 3 is 2.11 bits per heavy atom. The molecule has 2 amide bonds. The van der Waals surface area contributed by atoms with Crippen LogP contribution in [-0.2, 0) is 24.5 Å². The number of hydrogen-bond donors (Lipinski definition) is 1. The largest absolute Gasteiger partial charge is 0.463 e. The van der Waals surface area contributed by atoms with Crippen molar-refractivity contribution in [1.82, 2.24) is 10.2 Å². The van der Waals surface area contributed by atoms with E-state index < -0.39 is 28.8 Å². The summed E-state index contributed by atoms with van der Waals surface area (Å²) < 4.78 is 5.12. The van der Waals surface area contributed by atoms with E-state index in [2.05, 4.69) is 11.9 Å². The zero-order chi connectivity index (χ0) is 28.6. The van der Waals surface area contributed by atoms with Gasteiger partial charge in [-0.3, -0.25) is 9.59 Å². The highest BCUT2D eigenvalue weighted by Gasteiger charge is 2.41. The Morgan fingerprint density at radius 2 is 1.65 bits per heavy atom. The average molecular weight is 513 g/mol. The van der Waals surface area contributed by atoms with Gasteiger partial charge in [0, 0.05) is 18.0 Å². The van der Waals surface area contributed by atoms with Gasteiger partial charge in [0.2, 0.25) is 11.8 Å². The number of amides is 2. The van der Waals surface area contributed by atoms with Gasteiger partial charge in [-0.1, -0.05) is 91.0 Å². The molecule has 0 saturated heterocycles. The van der Waals surface area contributed by atoms with Crippen molar-refractivity contribution in [2.24, 2.45) is 17.3 Å². The topological polar surface area (TPSA) is 75.7 Å². The maximum atomic E-state index is 13.9. The van der Waals surface area contributed by atoms with Crippen LogP contribution in [0.2, 0.25) is 0 Å². The molecule has 206 valence electrons. The molecule has 6 heteroatoms. The van der Waals surface area contributed by atoms with Gasteiger partial charge in [0.25, 0.3) is 0 Å². The van der Waals surface area contributed by atoms with Gasteiger partial charge in [-0.2, -0.15) is 0 Å². The number of carbonyl (C=O) groups excluding carboxylic acids is 3. The summed E-state index contributed by atoms with van der Waals surface area (Å²) in [5.74, 6) is -1.16. The number of allylic oxidation sites excluding steroid dienone is 1. The van der Waals surface area contributed by atoms with Crippen molar-refractivity contribution in [3.63, 3.8) is 0 Å². The molecule has 0 saturated carbocycles. The van der Waals surface area contributed by atoms with E-state index in [1.165, 1.54) is 0 Å². The maximum Gasteiger partial charge on any atom is 0.333 e. The third-order valence-electron chi connectivity index (χ3n) is 7.00. The van der Waals surface area contributed by atoms with Gasteiger partial charge in [-0.05, 0) is 37.2 Å². The Balaban J connectivity index is 3.34. The van der Waals surface area contributed by atoms with E-state index in [4.69, 9.17) is 4.74 Å². The Labute approximate surface area is 224 Å². The molecule has 0 aliphatic rings. The number of hydrogen-bond acceptors (Lipinski definition) is 4. The highest BCUT2D eigenvalue weighted by atomic mass is 16.5. The van der Waals surface area contributed by atoms with Crippen molar-refractivity contribution in [1.29, 1.82) is 0 Å². The summed E-state index contributed by atoms with van der Waals surface area (Å²) in [5.41, 5.74) is 0.481. The fourth-order valence-corrected chi connectivity index (χ4v) is 4.53. The number of carbonyl (C=O) groups is 3. The quantitative estimate of drug-likeness (QED) is 0.222. The molecule has 0 radical (unpaired) electrons. The molecular formula is C31H48N2O4.